The van der Waals surface area contributed by atoms with Gasteiger partial charge in [0.15, 0.2) is 5.78 Å². The lowest BCUT2D eigenvalue weighted by atomic mass is 9.95. The Bertz CT molecular complexity index is 752. The molecule has 0 bridgehead atoms. The number of nitrogens with zero attached hydrogens (tertiary/aromatic N) is 1. The lowest BCUT2D eigenvalue weighted by Crippen LogP contribution is -2.37. The first kappa shape index (κ1) is 16.2. The molecule has 0 saturated carbocycles. The highest BCUT2D eigenvalue weighted by Gasteiger charge is 2.27. The molecule has 1 heterocycles. The maximum absolute atomic E-state index is 12.8. The SMILES string of the molecule is COc1ccc(C(C)CC(=O)N2CCC(=O)c3ccccc32)cc1. The monoisotopic (exact) mass is 323 g/mol. The maximum atomic E-state index is 12.8. The Kier molecular flexibility index (Phi) is 4.65. The average Bonchev–Trinajstić information content (AvgIpc) is 2.62. The first-order valence-corrected chi connectivity index (χ1v) is 8.16. The number of Topliss-reactive ketones (excluding diaryl/α,β-unsaturated/α-hetero) is 1. The first-order valence-electron chi connectivity index (χ1n) is 8.16. The molecule has 2 aromatic carbocycles. The van der Waals surface area contributed by atoms with E-state index in [0.29, 0.717) is 24.9 Å². The van der Waals surface area contributed by atoms with E-state index in [1.165, 1.54) is 0 Å². The number of ketones is 1. The van der Waals surface area contributed by atoms with Crippen LogP contribution in [0.15, 0.2) is 48.5 Å². The van der Waals surface area contributed by atoms with E-state index in [4.69, 9.17) is 4.74 Å². The molecule has 0 radical (unpaired) electrons. The summed E-state index contributed by atoms with van der Waals surface area (Å²) < 4.78 is 5.17. The lowest BCUT2D eigenvalue weighted by Gasteiger charge is -2.29. The van der Waals surface area contributed by atoms with Crippen molar-refractivity contribution in [1.82, 2.24) is 0 Å². The molecule has 0 aromatic heterocycles. The van der Waals surface area contributed by atoms with Gasteiger partial charge in [0.2, 0.25) is 5.91 Å². The summed E-state index contributed by atoms with van der Waals surface area (Å²) in [5.41, 5.74) is 2.49. The summed E-state index contributed by atoms with van der Waals surface area (Å²) in [5.74, 6) is 1.07. The highest BCUT2D eigenvalue weighted by molar-refractivity contribution is 6.08. The number of amides is 1. The van der Waals surface area contributed by atoms with Crippen LogP contribution in [-0.2, 0) is 4.79 Å². The zero-order chi connectivity index (χ0) is 17.1. The van der Waals surface area contributed by atoms with E-state index in [2.05, 4.69) is 0 Å². The van der Waals surface area contributed by atoms with Crippen molar-refractivity contribution in [3.63, 3.8) is 0 Å². The van der Waals surface area contributed by atoms with E-state index < -0.39 is 0 Å². The summed E-state index contributed by atoms with van der Waals surface area (Å²) in [5, 5.41) is 0. The molecule has 1 aliphatic rings. The summed E-state index contributed by atoms with van der Waals surface area (Å²) in [7, 11) is 1.64. The standard InChI is InChI=1S/C20H21NO3/c1-14(15-7-9-16(24-2)10-8-15)13-20(23)21-12-11-19(22)17-5-3-4-6-18(17)21/h3-10,14H,11-13H2,1-2H3. The first-order chi connectivity index (χ1) is 11.6. The predicted molar refractivity (Wildman–Crippen MR) is 93.8 cm³/mol. The summed E-state index contributed by atoms with van der Waals surface area (Å²) in [6.07, 6.45) is 0.800. The van der Waals surface area contributed by atoms with Crippen LogP contribution in [0.4, 0.5) is 5.69 Å². The molecular weight excluding hydrogens is 302 g/mol. The lowest BCUT2D eigenvalue weighted by molar-refractivity contribution is -0.118. The number of hydrogen-bond donors (Lipinski definition) is 0. The van der Waals surface area contributed by atoms with Crippen LogP contribution < -0.4 is 9.64 Å². The van der Waals surface area contributed by atoms with Crippen molar-refractivity contribution >= 4 is 17.4 Å². The van der Waals surface area contributed by atoms with Gasteiger partial charge in [0.05, 0.1) is 12.8 Å². The smallest absolute Gasteiger partial charge is 0.227 e. The van der Waals surface area contributed by atoms with Gasteiger partial charge < -0.3 is 9.64 Å². The van der Waals surface area contributed by atoms with Crippen LogP contribution in [0, 0.1) is 0 Å². The van der Waals surface area contributed by atoms with Crippen LogP contribution >= 0.6 is 0 Å². The summed E-state index contributed by atoms with van der Waals surface area (Å²) in [4.78, 5) is 26.5. The normalized spacial score (nSPS) is 14.9. The highest BCUT2D eigenvalue weighted by atomic mass is 16.5. The van der Waals surface area contributed by atoms with Crippen molar-refractivity contribution in [3.8, 4) is 5.75 Å². The Morgan fingerprint density at radius 1 is 1.17 bits per heavy atom. The number of carbonyl (C=O) groups excluding carboxylic acids is 2. The molecule has 0 aliphatic carbocycles. The molecule has 1 unspecified atom stereocenters. The second-order valence-corrected chi connectivity index (χ2v) is 6.11. The van der Waals surface area contributed by atoms with Gasteiger partial charge in [-0.2, -0.15) is 0 Å². The van der Waals surface area contributed by atoms with Crippen LogP contribution in [0.2, 0.25) is 0 Å². The van der Waals surface area contributed by atoms with E-state index in [1.54, 1.807) is 18.1 Å². The molecule has 0 N–H and O–H groups in total. The molecule has 1 amide bonds. The second kappa shape index (κ2) is 6.87. The van der Waals surface area contributed by atoms with Crippen molar-refractivity contribution in [3.05, 3.63) is 59.7 Å². The maximum Gasteiger partial charge on any atom is 0.227 e. The molecule has 2 aromatic rings. The summed E-state index contributed by atoms with van der Waals surface area (Å²) in [6, 6.07) is 15.1. The second-order valence-electron chi connectivity index (χ2n) is 6.11. The molecular formula is C20H21NO3. The van der Waals surface area contributed by atoms with Gasteiger partial charge in [-0.15, -0.1) is 0 Å². The van der Waals surface area contributed by atoms with Crippen molar-refractivity contribution in [2.24, 2.45) is 0 Å². The highest BCUT2D eigenvalue weighted by Crippen LogP contribution is 2.29. The van der Waals surface area contributed by atoms with E-state index in [-0.39, 0.29) is 17.6 Å². The van der Waals surface area contributed by atoms with Gasteiger partial charge in [0, 0.05) is 24.9 Å². The van der Waals surface area contributed by atoms with E-state index in [1.807, 2.05) is 49.4 Å². The molecule has 4 nitrogen and oxygen atoms in total. The molecule has 1 atom stereocenters. The zero-order valence-electron chi connectivity index (χ0n) is 14.0. The van der Waals surface area contributed by atoms with Crippen LogP contribution in [0.1, 0.15) is 41.6 Å². The van der Waals surface area contributed by atoms with Crippen LogP contribution in [0.3, 0.4) is 0 Å². The minimum Gasteiger partial charge on any atom is -0.497 e. The van der Waals surface area contributed by atoms with E-state index >= 15 is 0 Å². The van der Waals surface area contributed by atoms with Crippen LogP contribution in [0.25, 0.3) is 0 Å². The van der Waals surface area contributed by atoms with Crippen LogP contribution in [0.5, 0.6) is 5.75 Å². The van der Waals surface area contributed by atoms with Crippen molar-refractivity contribution < 1.29 is 14.3 Å². The third kappa shape index (κ3) is 3.18. The van der Waals surface area contributed by atoms with E-state index in [0.717, 1.165) is 17.0 Å². The fourth-order valence-electron chi connectivity index (χ4n) is 3.09. The quantitative estimate of drug-likeness (QED) is 0.859. The number of fused-ring (bicyclic) bond motifs is 1. The van der Waals surface area contributed by atoms with Gasteiger partial charge >= 0.3 is 0 Å². The number of methoxy groups -OCH3 is 1. The number of anilines is 1. The molecule has 4 heteroatoms. The Hall–Kier alpha value is -2.62. The van der Waals surface area contributed by atoms with Gasteiger partial charge in [-0.05, 0) is 35.7 Å². The fraction of sp³-hybridized carbons (Fsp3) is 0.300. The van der Waals surface area contributed by atoms with Gasteiger partial charge in [-0.25, -0.2) is 0 Å². The predicted octanol–water partition coefficient (Wildman–Crippen LogP) is 3.81. The molecule has 24 heavy (non-hydrogen) atoms. The number of para-hydroxylation sites is 1. The number of benzene rings is 2. The van der Waals surface area contributed by atoms with Gasteiger partial charge in [0.1, 0.15) is 5.75 Å². The van der Waals surface area contributed by atoms with E-state index in [9.17, 15) is 9.59 Å². The Balaban J connectivity index is 1.75. The van der Waals surface area contributed by atoms with Crippen molar-refractivity contribution in [2.75, 3.05) is 18.6 Å². The number of rotatable bonds is 4. The van der Waals surface area contributed by atoms with Gasteiger partial charge in [0.25, 0.3) is 0 Å². The number of ether oxygens (including phenoxy) is 1. The Morgan fingerprint density at radius 2 is 1.88 bits per heavy atom. The van der Waals surface area contributed by atoms with Gasteiger partial charge in [-0.1, -0.05) is 31.2 Å². The third-order valence-corrected chi connectivity index (χ3v) is 4.52. The Labute approximate surface area is 142 Å². The molecule has 0 saturated heterocycles. The Morgan fingerprint density at radius 3 is 2.58 bits per heavy atom. The van der Waals surface area contributed by atoms with Crippen molar-refractivity contribution in [2.45, 2.75) is 25.7 Å². The molecule has 3 rings (SSSR count). The average molecular weight is 323 g/mol. The summed E-state index contributed by atoms with van der Waals surface area (Å²) in [6.45, 7) is 2.50. The van der Waals surface area contributed by atoms with Crippen LogP contribution in [-0.4, -0.2) is 25.3 Å². The minimum absolute atomic E-state index is 0.0540. The minimum atomic E-state index is 0.0540. The molecule has 0 spiro atoms. The third-order valence-electron chi connectivity index (χ3n) is 4.52. The largest absolute Gasteiger partial charge is 0.497 e. The number of carbonyl (C=O) groups is 2. The molecule has 0 fully saturated rings. The summed E-state index contributed by atoms with van der Waals surface area (Å²) >= 11 is 0. The molecule has 1 aliphatic heterocycles. The molecule has 124 valence electrons. The number of hydrogen-bond acceptors (Lipinski definition) is 3. The van der Waals surface area contributed by atoms with Crippen molar-refractivity contribution in [1.29, 1.82) is 0 Å². The fourth-order valence-corrected chi connectivity index (χ4v) is 3.09. The zero-order valence-corrected chi connectivity index (χ0v) is 14.0. The van der Waals surface area contributed by atoms with Gasteiger partial charge in [-0.3, -0.25) is 9.59 Å². The topological polar surface area (TPSA) is 46.6 Å².